The number of piperidine rings is 1. The van der Waals surface area contributed by atoms with E-state index < -0.39 is 5.97 Å². The van der Waals surface area contributed by atoms with Gasteiger partial charge in [-0.25, -0.2) is 4.79 Å². The van der Waals surface area contributed by atoms with E-state index in [-0.39, 0.29) is 5.91 Å². The first kappa shape index (κ1) is 17.9. The van der Waals surface area contributed by atoms with Crippen LogP contribution in [0.3, 0.4) is 0 Å². The number of carbonyl (C=O) groups excluding carboxylic acids is 1. The maximum atomic E-state index is 12.5. The van der Waals surface area contributed by atoms with Crippen LogP contribution in [0, 0.1) is 0 Å². The lowest BCUT2D eigenvalue weighted by atomic mass is 9.90. The van der Waals surface area contributed by atoms with Gasteiger partial charge in [-0.2, -0.15) is 0 Å². The molecule has 1 atom stereocenters. The molecule has 3 rings (SSSR count). The van der Waals surface area contributed by atoms with Crippen LogP contribution in [0.15, 0.2) is 24.3 Å². The van der Waals surface area contributed by atoms with Crippen LogP contribution in [0.4, 0.5) is 0 Å². The Morgan fingerprint density at radius 2 is 1.76 bits per heavy atom. The van der Waals surface area contributed by atoms with Crippen molar-refractivity contribution in [2.24, 2.45) is 0 Å². The highest BCUT2D eigenvalue weighted by molar-refractivity contribution is 5.87. The Balaban J connectivity index is 1.55. The summed E-state index contributed by atoms with van der Waals surface area (Å²) in [5.74, 6) is -0.290. The molecule has 6 heteroatoms. The quantitative estimate of drug-likeness (QED) is 0.892. The van der Waals surface area contributed by atoms with Crippen LogP contribution in [0.2, 0.25) is 0 Å². The second kappa shape index (κ2) is 7.97. The van der Waals surface area contributed by atoms with E-state index in [9.17, 15) is 9.59 Å². The van der Waals surface area contributed by atoms with Crippen molar-refractivity contribution in [1.29, 1.82) is 0 Å². The van der Waals surface area contributed by atoms with Crippen molar-refractivity contribution < 1.29 is 14.7 Å². The largest absolute Gasteiger partial charge is 0.478 e. The number of nitrogens with zero attached hydrogens (tertiary/aromatic N) is 3. The van der Waals surface area contributed by atoms with Crippen LogP contribution in [-0.2, 0) is 4.79 Å². The van der Waals surface area contributed by atoms with Crippen molar-refractivity contribution in [3.8, 4) is 0 Å². The van der Waals surface area contributed by atoms with Crippen LogP contribution in [-0.4, -0.2) is 84.5 Å². The third kappa shape index (κ3) is 4.58. The van der Waals surface area contributed by atoms with Crippen LogP contribution < -0.4 is 0 Å². The lowest BCUT2D eigenvalue weighted by Crippen LogP contribution is -2.51. The van der Waals surface area contributed by atoms with Gasteiger partial charge < -0.3 is 14.9 Å². The average molecular weight is 345 g/mol. The third-order valence-corrected chi connectivity index (χ3v) is 5.35. The van der Waals surface area contributed by atoms with E-state index >= 15 is 0 Å². The van der Waals surface area contributed by atoms with E-state index in [1.54, 1.807) is 12.1 Å². The second-order valence-electron chi connectivity index (χ2n) is 7.19. The van der Waals surface area contributed by atoms with Crippen LogP contribution in [0.5, 0.6) is 0 Å². The molecule has 0 radical (unpaired) electrons. The van der Waals surface area contributed by atoms with Gasteiger partial charge in [0.1, 0.15) is 0 Å². The number of likely N-dealkylation sites (N-methyl/N-ethyl adjacent to an activating group) is 1. The fraction of sp³-hybridized carbons (Fsp3) is 0.579. The molecule has 1 aromatic carbocycles. The zero-order valence-electron chi connectivity index (χ0n) is 14.9. The number of aromatic carboxylic acids is 1. The molecule has 1 aromatic rings. The number of rotatable bonds is 4. The summed E-state index contributed by atoms with van der Waals surface area (Å²) in [5.41, 5.74) is 1.49. The Labute approximate surface area is 149 Å². The summed E-state index contributed by atoms with van der Waals surface area (Å²) in [6.07, 6.45) is 2.16. The van der Waals surface area contributed by atoms with Gasteiger partial charge in [-0.1, -0.05) is 12.1 Å². The number of amides is 1. The van der Waals surface area contributed by atoms with Gasteiger partial charge in [0, 0.05) is 32.7 Å². The predicted molar refractivity (Wildman–Crippen MR) is 95.9 cm³/mol. The summed E-state index contributed by atoms with van der Waals surface area (Å²) in [6.45, 7) is 5.86. The lowest BCUT2D eigenvalue weighted by molar-refractivity contribution is -0.134. The Kier molecular flexibility index (Phi) is 5.71. The molecule has 25 heavy (non-hydrogen) atoms. The number of carbonyl (C=O) groups is 2. The molecule has 2 fully saturated rings. The minimum atomic E-state index is -0.894. The molecule has 6 nitrogen and oxygen atoms in total. The van der Waals surface area contributed by atoms with E-state index in [1.807, 2.05) is 17.0 Å². The minimum absolute atomic E-state index is 0.231. The summed E-state index contributed by atoms with van der Waals surface area (Å²) in [7, 11) is 2.09. The molecular weight excluding hydrogens is 318 g/mol. The zero-order chi connectivity index (χ0) is 17.8. The third-order valence-electron chi connectivity index (χ3n) is 5.35. The van der Waals surface area contributed by atoms with Crippen molar-refractivity contribution in [1.82, 2.24) is 14.7 Å². The molecule has 0 aromatic heterocycles. The van der Waals surface area contributed by atoms with Gasteiger partial charge in [-0.3, -0.25) is 9.69 Å². The van der Waals surface area contributed by atoms with Gasteiger partial charge in [0.2, 0.25) is 5.91 Å². The Bertz CT molecular complexity index is 609. The number of carboxylic acids is 1. The molecular formula is C19H27N3O3. The molecule has 2 aliphatic heterocycles. The Morgan fingerprint density at radius 3 is 2.40 bits per heavy atom. The summed E-state index contributed by atoms with van der Waals surface area (Å²) in [6, 6.07) is 7.18. The van der Waals surface area contributed by atoms with Gasteiger partial charge in [0.05, 0.1) is 12.1 Å². The number of carboxylic acid groups (broad SMARTS) is 1. The fourth-order valence-electron chi connectivity index (χ4n) is 3.72. The predicted octanol–water partition coefficient (Wildman–Crippen LogP) is 1.34. The molecule has 0 bridgehead atoms. The Morgan fingerprint density at radius 1 is 1.08 bits per heavy atom. The van der Waals surface area contributed by atoms with Crippen molar-refractivity contribution in [2.75, 3.05) is 52.9 Å². The van der Waals surface area contributed by atoms with Crippen molar-refractivity contribution >= 4 is 11.9 Å². The molecule has 2 saturated heterocycles. The normalized spacial score (nSPS) is 22.8. The SMILES string of the molecule is CN1CCN(C(=O)CN2CCCC(c3ccc(C(=O)O)cc3)C2)CC1. The van der Waals surface area contributed by atoms with Gasteiger partial charge in [0.25, 0.3) is 0 Å². The van der Waals surface area contributed by atoms with Crippen molar-refractivity contribution in [2.45, 2.75) is 18.8 Å². The molecule has 1 unspecified atom stereocenters. The molecule has 0 spiro atoms. The molecule has 1 N–H and O–H groups in total. The molecule has 2 heterocycles. The number of likely N-dealkylation sites (tertiary alicyclic amines) is 1. The number of hydrogen-bond donors (Lipinski definition) is 1. The summed E-state index contributed by atoms with van der Waals surface area (Å²) < 4.78 is 0. The highest BCUT2D eigenvalue weighted by atomic mass is 16.4. The standard InChI is InChI=1S/C19H27N3O3/c1-20-9-11-22(12-10-20)18(23)14-21-8-2-3-17(13-21)15-4-6-16(7-5-15)19(24)25/h4-7,17H,2-3,8-14H2,1H3,(H,24,25). The van der Waals surface area contributed by atoms with Crippen molar-refractivity contribution in [3.63, 3.8) is 0 Å². The van der Waals surface area contributed by atoms with E-state index in [0.29, 0.717) is 18.0 Å². The second-order valence-corrected chi connectivity index (χ2v) is 7.19. The first-order chi connectivity index (χ1) is 12.0. The summed E-state index contributed by atoms with van der Waals surface area (Å²) in [4.78, 5) is 30.0. The van der Waals surface area contributed by atoms with Gasteiger partial charge in [0.15, 0.2) is 0 Å². The minimum Gasteiger partial charge on any atom is -0.478 e. The maximum Gasteiger partial charge on any atom is 0.335 e. The van der Waals surface area contributed by atoms with Crippen LogP contribution >= 0.6 is 0 Å². The van der Waals surface area contributed by atoms with E-state index in [0.717, 1.165) is 52.1 Å². The number of hydrogen-bond acceptors (Lipinski definition) is 4. The van der Waals surface area contributed by atoms with Gasteiger partial charge in [-0.05, 0) is 50.0 Å². The molecule has 1 amide bonds. The molecule has 0 aliphatic carbocycles. The van der Waals surface area contributed by atoms with Crippen LogP contribution in [0.25, 0.3) is 0 Å². The lowest BCUT2D eigenvalue weighted by Gasteiger charge is -2.36. The summed E-state index contributed by atoms with van der Waals surface area (Å²) >= 11 is 0. The van der Waals surface area contributed by atoms with Crippen molar-refractivity contribution in [3.05, 3.63) is 35.4 Å². The maximum absolute atomic E-state index is 12.5. The summed E-state index contributed by atoms with van der Waals surface area (Å²) in [5, 5.41) is 9.01. The topological polar surface area (TPSA) is 64.1 Å². The first-order valence-electron chi connectivity index (χ1n) is 9.05. The number of benzene rings is 1. The number of piperazine rings is 1. The smallest absolute Gasteiger partial charge is 0.335 e. The monoisotopic (exact) mass is 345 g/mol. The van der Waals surface area contributed by atoms with E-state index in [2.05, 4.69) is 16.8 Å². The molecule has 0 saturated carbocycles. The highest BCUT2D eigenvalue weighted by Gasteiger charge is 2.26. The highest BCUT2D eigenvalue weighted by Crippen LogP contribution is 2.27. The molecule has 2 aliphatic rings. The first-order valence-corrected chi connectivity index (χ1v) is 9.05. The van der Waals surface area contributed by atoms with E-state index in [4.69, 9.17) is 5.11 Å². The zero-order valence-corrected chi connectivity index (χ0v) is 14.9. The Hall–Kier alpha value is -1.92. The average Bonchev–Trinajstić information content (AvgIpc) is 2.62. The van der Waals surface area contributed by atoms with Gasteiger partial charge in [-0.15, -0.1) is 0 Å². The fourth-order valence-corrected chi connectivity index (χ4v) is 3.72. The van der Waals surface area contributed by atoms with E-state index in [1.165, 1.54) is 5.56 Å². The van der Waals surface area contributed by atoms with Crippen LogP contribution in [0.1, 0.15) is 34.7 Å². The molecule has 136 valence electrons. The van der Waals surface area contributed by atoms with Gasteiger partial charge >= 0.3 is 5.97 Å².